The maximum Gasteiger partial charge on any atom is 0.306 e. The molecule has 0 aromatic carbocycles. The number of piperidine rings is 1. The second-order valence-electron chi connectivity index (χ2n) is 5.13. The van der Waals surface area contributed by atoms with Gasteiger partial charge in [0, 0.05) is 12.1 Å². The number of carboxylic acid groups (broad SMARTS) is 1. The summed E-state index contributed by atoms with van der Waals surface area (Å²) in [5.41, 5.74) is 0. The van der Waals surface area contributed by atoms with E-state index in [4.69, 9.17) is 0 Å². The molecule has 3 unspecified atom stereocenters. The SMILES string of the molecule is CCC(C(=O)O)C1CC2CCC(C1)N2C. The van der Waals surface area contributed by atoms with Crippen LogP contribution in [-0.4, -0.2) is 35.1 Å². The van der Waals surface area contributed by atoms with E-state index in [1.165, 1.54) is 12.8 Å². The number of aliphatic carboxylic acids is 1. The van der Waals surface area contributed by atoms with Crippen LogP contribution < -0.4 is 0 Å². The van der Waals surface area contributed by atoms with E-state index in [0.717, 1.165) is 19.3 Å². The molecule has 0 amide bonds. The Morgan fingerprint density at radius 1 is 1.40 bits per heavy atom. The molecule has 3 heteroatoms. The summed E-state index contributed by atoms with van der Waals surface area (Å²) in [6.45, 7) is 2.00. The van der Waals surface area contributed by atoms with E-state index in [1.54, 1.807) is 0 Å². The Balaban J connectivity index is 2.04. The lowest BCUT2D eigenvalue weighted by molar-refractivity contribution is -0.144. The van der Waals surface area contributed by atoms with Gasteiger partial charge in [0.05, 0.1) is 5.92 Å². The van der Waals surface area contributed by atoms with Crippen LogP contribution in [0.25, 0.3) is 0 Å². The summed E-state index contributed by atoms with van der Waals surface area (Å²) in [5.74, 6) is -0.283. The molecule has 2 aliphatic heterocycles. The lowest BCUT2D eigenvalue weighted by Crippen LogP contribution is -2.43. The molecule has 15 heavy (non-hydrogen) atoms. The van der Waals surface area contributed by atoms with Gasteiger partial charge in [-0.05, 0) is 45.1 Å². The number of carbonyl (C=O) groups is 1. The van der Waals surface area contributed by atoms with Crippen molar-refractivity contribution < 1.29 is 9.90 Å². The van der Waals surface area contributed by atoms with Gasteiger partial charge in [-0.3, -0.25) is 4.79 Å². The van der Waals surface area contributed by atoms with E-state index < -0.39 is 5.97 Å². The van der Waals surface area contributed by atoms with Crippen LogP contribution in [-0.2, 0) is 4.79 Å². The minimum atomic E-state index is -0.591. The van der Waals surface area contributed by atoms with Crippen LogP contribution in [0.2, 0.25) is 0 Å². The number of fused-ring (bicyclic) bond motifs is 2. The molecule has 0 aromatic heterocycles. The average molecular weight is 211 g/mol. The van der Waals surface area contributed by atoms with E-state index in [-0.39, 0.29) is 5.92 Å². The molecular formula is C12H21NO2. The predicted molar refractivity (Wildman–Crippen MR) is 58.7 cm³/mol. The highest BCUT2D eigenvalue weighted by molar-refractivity contribution is 5.70. The summed E-state index contributed by atoms with van der Waals surface area (Å²) in [5, 5.41) is 9.17. The molecule has 2 fully saturated rings. The standard InChI is InChI=1S/C12H21NO2/c1-3-11(12(14)15)8-6-9-4-5-10(7-8)13(9)2/h8-11H,3-7H2,1-2H3,(H,14,15). The zero-order valence-corrected chi connectivity index (χ0v) is 9.65. The smallest absolute Gasteiger partial charge is 0.306 e. The van der Waals surface area contributed by atoms with Gasteiger partial charge in [-0.25, -0.2) is 0 Å². The molecule has 2 bridgehead atoms. The van der Waals surface area contributed by atoms with Crippen LogP contribution in [0.3, 0.4) is 0 Å². The van der Waals surface area contributed by atoms with Crippen molar-refractivity contribution in [3.8, 4) is 0 Å². The Morgan fingerprint density at radius 3 is 2.33 bits per heavy atom. The van der Waals surface area contributed by atoms with Gasteiger partial charge >= 0.3 is 5.97 Å². The Morgan fingerprint density at radius 2 is 1.93 bits per heavy atom. The highest BCUT2D eigenvalue weighted by Gasteiger charge is 2.42. The number of carboxylic acids is 1. The lowest BCUT2D eigenvalue weighted by Gasteiger charge is -2.38. The summed E-state index contributed by atoms with van der Waals surface area (Å²) >= 11 is 0. The van der Waals surface area contributed by atoms with Gasteiger partial charge in [0.15, 0.2) is 0 Å². The maximum atomic E-state index is 11.1. The molecular weight excluding hydrogens is 190 g/mol. The zero-order chi connectivity index (χ0) is 11.0. The monoisotopic (exact) mass is 211 g/mol. The maximum absolute atomic E-state index is 11.1. The Kier molecular flexibility index (Phi) is 3.01. The molecule has 2 heterocycles. The first-order chi connectivity index (χ1) is 7.13. The fraction of sp³-hybridized carbons (Fsp3) is 0.917. The van der Waals surface area contributed by atoms with Crippen molar-refractivity contribution in [3.63, 3.8) is 0 Å². The minimum absolute atomic E-state index is 0.109. The molecule has 3 nitrogen and oxygen atoms in total. The van der Waals surface area contributed by atoms with Gasteiger partial charge in [0.2, 0.25) is 0 Å². The van der Waals surface area contributed by atoms with E-state index in [2.05, 4.69) is 11.9 Å². The Hall–Kier alpha value is -0.570. The summed E-state index contributed by atoms with van der Waals surface area (Å²) in [4.78, 5) is 13.6. The predicted octanol–water partition coefficient (Wildman–Crippen LogP) is 1.97. The van der Waals surface area contributed by atoms with Crippen LogP contribution in [0, 0.1) is 11.8 Å². The number of nitrogens with zero attached hydrogens (tertiary/aromatic N) is 1. The van der Waals surface area contributed by atoms with E-state index in [1.807, 2.05) is 6.92 Å². The lowest BCUT2D eigenvalue weighted by atomic mass is 9.80. The number of rotatable bonds is 3. The van der Waals surface area contributed by atoms with Gasteiger partial charge in [0.1, 0.15) is 0 Å². The summed E-state index contributed by atoms with van der Waals surface area (Å²) in [7, 11) is 2.19. The van der Waals surface area contributed by atoms with Gasteiger partial charge in [0.25, 0.3) is 0 Å². The van der Waals surface area contributed by atoms with E-state index in [0.29, 0.717) is 18.0 Å². The van der Waals surface area contributed by atoms with Crippen LogP contribution in [0.15, 0.2) is 0 Å². The molecule has 2 rings (SSSR count). The van der Waals surface area contributed by atoms with Crippen molar-refractivity contribution in [2.45, 2.75) is 51.1 Å². The quantitative estimate of drug-likeness (QED) is 0.776. The molecule has 0 radical (unpaired) electrons. The minimum Gasteiger partial charge on any atom is -0.481 e. The molecule has 3 atom stereocenters. The first-order valence-electron chi connectivity index (χ1n) is 6.08. The zero-order valence-electron chi connectivity index (χ0n) is 9.65. The third-order valence-electron chi connectivity index (χ3n) is 4.46. The van der Waals surface area contributed by atoms with Crippen LogP contribution in [0.5, 0.6) is 0 Å². The largest absolute Gasteiger partial charge is 0.481 e. The van der Waals surface area contributed by atoms with Gasteiger partial charge < -0.3 is 10.0 Å². The molecule has 0 saturated carbocycles. The molecule has 2 saturated heterocycles. The Bertz CT molecular complexity index is 240. The number of hydrogen-bond donors (Lipinski definition) is 1. The third kappa shape index (κ3) is 1.89. The van der Waals surface area contributed by atoms with Crippen LogP contribution in [0.4, 0.5) is 0 Å². The second-order valence-corrected chi connectivity index (χ2v) is 5.13. The summed E-state index contributed by atoms with van der Waals surface area (Å²) in [6, 6.07) is 1.31. The summed E-state index contributed by atoms with van der Waals surface area (Å²) in [6.07, 6.45) is 5.51. The van der Waals surface area contributed by atoms with Crippen molar-refractivity contribution in [1.29, 1.82) is 0 Å². The van der Waals surface area contributed by atoms with Crippen LogP contribution >= 0.6 is 0 Å². The van der Waals surface area contributed by atoms with Gasteiger partial charge in [-0.2, -0.15) is 0 Å². The molecule has 86 valence electrons. The van der Waals surface area contributed by atoms with Crippen molar-refractivity contribution in [2.75, 3.05) is 7.05 Å². The van der Waals surface area contributed by atoms with Crippen LogP contribution in [0.1, 0.15) is 39.0 Å². The molecule has 1 N–H and O–H groups in total. The van der Waals surface area contributed by atoms with Gasteiger partial charge in [-0.1, -0.05) is 6.92 Å². The molecule has 0 aliphatic carbocycles. The van der Waals surface area contributed by atoms with Crippen molar-refractivity contribution in [2.24, 2.45) is 11.8 Å². The fourth-order valence-corrected chi connectivity index (χ4v) is 3.49. The average Bonchev–Trinajstić information content (AvgIpc) is 2.43. The Labute approximate surface area is 91.5 Å². The summed E-state index contributed by atoms with van der Waals surface area (Å²) < 4.78 is 0. The van der Waals surface area contributed by atoms with Crippen molar-refractivity contribution >= 4 is 5.97 Å². The molecule has 0 aromatic rings. The fourth-order valence-electron chi connectivity index (χ4n) is 3.49. The highest BCUT2D eigenvalue weighted by atomic mass is 16.4. The number of hydrogen-bond acceptors (Lipinski definition) is 2. The first-order valence-corrected chi connectivity index (χ1v) is 6.08. The topological polar surface area (TPSA) is 40.5 Å². The normalized spacial score (nSPS) is 37.9. The second kappa shape index (κ2) is 4.12. The third-order valence-corrected chi connectivity index (χ3v) is 4.46. The van der Waals surface area contributed by atoms with E-state index >= 15 is 0 Å². The van der Waals surface area contributed by atoms with Crippen molar-refractivity contribution in [3.05, 3.63) is 0 Å². The van der Waals surface area contributed by atoms with Crippen molar-refractivity contribution in [1.82, 2.24) is 4.90 Å². The van der Waals surface area contributed by atoms with Gasteiger partial charge in [-0.15, -0.1) is 0 Å². The molecule has 0 spiro atoms. The first kappa shape index (κ1) is 10.9. The highest BCUT2D eigenvalue weighted by Crippen LogP contribution is 2.41. The molecule has 2 aliphatic rings. The van der Waals surface area contributed by atoms with E-state index in [9.17, 15) is 9.90 Å².